The zero-order valence-corrected chi connectivity index (χ0v) is 33.7. The molecule has 0 aliphatic rings. The average Bonchev–Trinajstić information content (AvgIpc) is 3.21. The van der Waals surface area contributed by atoms with Crippen LogP contribution in [0.25, 0.3) is 0 Å². The van der Waals surface area contributed by atoms with Gasteiger partial charge in [0, 0.05) is 29.2 Å². The highest BCUT2D eigenvalue weighted by molar-refractivity contribution is 5.94. The lowest BCUT2D eigenvalue weighted by atomic mass is 10.0. The molecular formula is C44H59N7O5. The number of carbonyl (C=O) groups is 3. The Hall–Kier alpha value is -5.52. The lowest BCUT2D eigenvalue weighted by Crippen LogP contribution is -2.24. The van der Waals surface area contributed by atoms with Gasteiger partial charge in [0.15, 0.2) is 0 Å². The Morgan fingerprint density at radius 2 is 0.875 bits per heavy atom. The molecular weight excluding hydrogens is 707 g/mol. The second kappa shape index (κ2) is 23.4. The van der Waals surface area contributed by atoms with Crippen LogP contribution in [0.4, 0.5) is 34.9 Å². The normalized spacial score (nSPS) is 11.9. The van der Waals surface area contributed by atoms with E-state index in [1.54, 1.807) is 72.8 Å². The van der Waals surface area contributed by atoms with Crippen LogP contribution in [0.5, 0.6) is 0 Å². The standard InChI is InChI=1S/C44H59N7O5/c1-6-11-14-31(9-4)29-55-40(53)34-18-24-37(25-19-34)47-43-49-42(46-36-22-16-33(17-23-36)39(52)45-28-13-8-3)50-44(51-43)48-38-26-20-35(21-27-38)41(54)56-30-32(10-5)15-12-7-2/h16-27,31-32H,6-15,28-30H2,1-5H3,(H,45,52)(H3,46,47,48,49,50,51). The van der Waals surface area contributed by atoms with Crippen LogP contribution in [0.2, 0.25) is 0 Å². The number of hydrogen-bond donors (Lipinski definition) is 4. The molecule has 12 heteroatoms. The maximum Gasteiger partial charge on any atom is 0.338 e. The molecule has 4 aromatic rings. The first kappa shape index (κ1) is 43.2. The summed E-state index contributed by atoms with van der Waals surface area (Å²) < 4.78 is 11.3. The fourth-order valence-electron chi connectivity index (χ4n) is 5.85. The number of aromatic nitrogens is 3. The third-order valence-electron chi connectivity index (χ3n) is 9.59. The minimum atomic E-state index is -0.356. The SMILES string of the molecule is CCCCNC(=O)c1ccc(Nc2nc(Nc3ccc(C(=O)OCC(CC)CCCC)cc3)nc(Nc3ccc(C(=O)OCC(CC)CCCC)cc3)n2)cc1. The largest absolute Gasteiger partial charge is 0.462 e. The molecule has 1 heterocycles. The van der Waals surface area contributed by atoms with Crippen LogP contribution in [0, 0.1) is 11.8 Å². The summed E-state index contributed by atoms with van der Waals surface area (Å²) in [6, 6.07) is 20.9. The van der Waals surface area contributed by atoms with E-state index in [-0.39, 0.29) is 35.7 Å². The smallest absolute Gasteiger partial charge is 0.338 e. The van der Waals surface area contributed by atoms with E-state index < -0.39 is 0 Å². The van der Waals surface area contributed by atoms with Gasteiger partial charge in [0.05, 0.1) is 24.3 Å². The number of nitrogens with zero attached hydrogens (tertiary/aromatic N) is 3. The highest BCUT2D eigenvalue weighted by Gasteiger charge is 2.15. The quantitative estimate of drug-likeness (QED) is 0.0398. The second-order valence-corrected chi connectivity index (χ2v) is 14.1. The summed E-state index contributed by atoms with van der Waals surface area (Å²) in [6.45, 7) is 12.1. The number of anilines is 6. The molecule has 0 radical (unpaired) electrons. The van der Waals surface area contributed by atoms with Gasteiger partial charge in [-0.25, -0.2) is 9.59 Å². The zero-order valence-electron chi connectivity index (χ0n) is 33.7. The van der Waals surface area contributed by atoms with Crippen LogP contribution in [0.3, 0.4) is 0 Å². The summed E-state index contributed by atoms with van der Waals surface area (Å²) in [5.41, 5.74) is 3.44. The molecule has 0 bridgehead atoms. The van der Waals surface area contributed by atoms with Crippen molar-refractivity contribution in [3.8, 4) is 0 Å². The van der Waals surface area contributed by atoms with Crippen molar-refractivity contribution in [3.05, 3.63) is 89.5 Å². The van der Waals surface area contributed by atoms with Crippen molar-refractivity contribution in [2.24, 2.45) is 11.8 Å². The Morgan fingerprint density at radius 3 is 1.21 bits per heavy atom. The van der Waals surface area contributed by atoms with Gasteiger partial charge in [0.2, 0.25) is 17.8 Å². The number of hydrogen-bond acceptors (Lipinski definition) is 11. The molecule has 56 heavy (non-hydrogen) atoms. The summed E-state index contributed by atoms with van der Waals surface area (Å²) in [5, 5.41) is 12.6. The molecule has 12 nitrogen and oxygen atoms in total. The van der Waals surface area contributed by atoms with Crippen LogP contribution in [0.15, 0.2) is 72.8 Å². The van der Waals surface area contributed by atoms with E-state index in [0.717, 1.165) is 64.2 Å². The molecule has 2 unspecified atom stereocenters. The number of unbranched alkanes of at least 4 members (excludes halogenated alkanes) is 3. The van der Waals surface area contributed by atoms with Crippen molar-refractivity contribution in [1.82, 2.24) is 20.3 Å². The van der Waals surface area contributed by atoms with Crippen molar-refractivity contribution in [2.75, 3.05) is 35.7 Å². The first-order valence-electron chi connectivity index (χ1n) is 20.2. The molecule has 4 rings (SSSR count). The Bertz CT molecular complexity index is 1700. The van der Waals surface area contributed by atoms with Crippen molar-refractivity contribution < 1.29 is 23.9 Å². The number of rotatable bonds is 24. The summed E-state index contributed by atoms with van der Waals surface area (Å²) in [4.78, 5) is 51.9. The van der Waals surface area contributed by atoms with Gasteiger partial charge >= 0.3 is 11.9 Å². The highest BCUT2D eigenvalue weighted by Crippen LogP contribution is 2.23. The fraction of sp³-hybridized carbons (Fsp3) is 0.455. The molecule has 0 aliphatic carbocycles. The van der Waals surface area contributed by atoms with Crippen molar-refractivity contribution in [1.29, 1.82) is 0 Å². The molecule has 300 valence electrons. The number of esters is 2. The van der Waals surface area contributed by atoms with E-state index in [1.165, 1.54) is 0 Å². The lowest BCUT2D eigenvalue weighted by Gasteiger charge is -2.15. The summed E-state index contributed by atoms with van der Waals surface area (Å²) in [5.74, 6) is 0.594. The zero-order chi connectivity index (χ0) is 40.1. The van der Waals surface area contributed by atoms with Gasteiger partial charge in [0.25, 0.3) is 5.91 Å². The fourth-order valence-corrected chi connectivity index (χ4v) is 5.85. The Morgan fingerprint density at radius 1 is 0.518 bits per heavy atom. The van der Waals surface area contributed by atoms with E-state index in [1.807, 2.05) is 0 Å². The molecule has 0 saturated carbocycles. The molecule has 0 saturated heterocycles. The van der Waals surface area contributed by atoms with Crippen LogP contribution in [0.1, 0.15) is 130 Å². The number of nitrogens with one attached hydrogen (secondary N) is 4. The van der Waals surface area contributed by atoms with E-state index in [0.29, 0.717) is 65.3 Å². The summed E-state index contributed by atoms with van der Waals surface area (Å²) in [6.07, 6.45) is 10.4. The Balaban J connectivity index is 1.49. The van der Waals surface area contributed by atoms with E-state index >= 15 is 0 Å². The van der Waals surface area contributed by atoms with Crippen molar-refractivity contribution >= 4 is 52.8 Å². The van der Waals surface area contributed by atoms with Crippen molar-refractivity contribution in [3.63, 3.8) is 0 Å². The van der Waals surface area contributed by atoms with Gasteiger partial charge in [-0.15, -0.1) is 0 Å². The van der Waals surface area contributed by atoms with Gasteiger partial charge < -0.3 is 30.7 Å². The van der Waals surface area contributed by atoms with Gasteiger partial charge in [-0.1, -0.05) is 79.6 Å². The lowest BCUT2D eigenvalue weighted by molar-refractivity contribution is 0.0419. The molecule has 0 spiro atoms. The van der Waals surface area contributed by atoms with Gasteiger partial charge in [-0.2, -0.15) is 15.0 Å². The first-order chi connectivity index (χ1) is 27.2. The number of carbonyl (C=O) groups excluding carboxylic acids is 3. The molecule has 1 aromatic heterocycles. The van der Waals surface area contributed by atoms with Crippen LogP contribution in [-0.2, 0) is 9.47 Å². The molecule has 1 amide bonds. The molecule has 3 aromatic carbocycles. The molecule has 0 fully saturated rings. The van der Waals surface area contributed by atoms with Crippen molar-refractivity contribution in [2.45, 2.75) is 98.8 Å². The van der Waals surface area contributed by atoms with Crippen LogP contribution >= 0.6 is 0 Å². The molecule has 4 N–H and O–H groups in total. The predicted octanol–water partition coefficient (Wildman–Crippen LogP) is 10.4. The monoisotopic (exact) mass is 765 g/mol. The van der Waals surface area contributed by atoms with Crippen LogP contribution < -0.4 is 21.3 Å². The Kier molecular flexibility index (Phi) is 18.1. The predicted molar refractivity (Wildman–Crippen MR) is 223 cm³/mol. The van der Waals surface area contributed by atoms with Gasteiger partial charge in [-0.05, 0) is 104 Å². The average molecular weight is 766 g/mol. The third kappa shape index (κ3) is 14.3. The number of amides is 1. The number of benzene rings is 3. The second-order valence-electron chi connectivity index (χ2n) is 14.1. The number of ether oxygens (including phenoxy) is 2. The topological polar surface area (TPSA) is 156 Å². The highest BCUT2D eigenvalue weighted by atomic mass is 16.5. The van der Waals surface area contributed by atoms with Gasteiger partial charge in [-0.3, -0.25) is 4.79 Å². The minimum Gasteiger partial charge on any atom is -0.462 e. The minimum absolute atomic E-state index is 0.129. The first-order valence-corrected chi connectivity index (χ1v) is 20.2. The molecule has 0 aliphatic heterocycles. The Labute approximate surface area is 332 Å². The summed E-state index contributed by atoms with van der Waals surface area (Å²) >= 11 is 0. The van der Waals surface area contributed by atoms with Gasteiger partial charge in [0.1, 0.15) is 0 Å². The maximum atomic E-state index is 12.8. The summed E-state index contributed by atoms with van der Waals surface area (Å²) in [7, 11) is 0. The van der Waals surface area contributed by atoms with Crippen LogP contribution in [-0.4, -0.2) is 52.6 Å². The molecule has 2 atom stereocenters. The third-order valence-corrected chi connectivity index (χ3v) is 9.59. The van der Waals surface area contributed by atoms with E-state index in [2.05, 4.69) is 70.8 Å². The van der Waals surface area contributed by atoms with E-state index in [9.17, 15) is 14.4 Å². The van der Waals surface area contributed by atoms with E-state index in [4.69, 9.17) is 9.47 Å². The maximum absolute atomic E-state index is 12.8.